The molecule has 3 aromatic heterocycles. The molecule has 1 N–H and O–H groups in total. The van der Waals surface area contributed by atoms with E-state index in [-0.39, 0.29) is 11.8 Å². The predicted octanol–water partition coefficient (Wildman–Crippen LogP) is 6.38. The van der Waals surface area contributed by atoms with Crippen molar-refractivity contribution < 1.29 is 18.0 Å². The third kappa shape index (κ3) is 5.84. The van der Waals surface area contributed by atoms with Crippen LogP contribution in [-0.2, 0) is 6.18 Å². The van der Waals surface area contributed by atoms with E-state index in [2.05, 4.69) is 19.7 Å². The number of piperidine rings is 1. The number of halogens is 3. The lowest BCUT2D eigenvalue weighted by atomic mass is 9.95. The zero-order valence-corrected chi connectivity index (χ0v) is 22.9. The molecule has 1 aliphatic rings. The van der Waals surface area contributed by atoms with Gasteiger partial charge in [-0.1, -0.05) is 17.7 Å². The highest BCUT2D eigenvalue weighted by Gasteiger charge is 2.30. The number of aryl methyl sites for hydroxylation is 1. The van der Waals surface area contributed by atoms with Crippen molar-refractivity contribution in [1.29, 1.82) is 0 Å². The van der Waals surface area contributed by atoms with Gasteiger partial charge in [0.15, 0.2) is 5.65 Å². The highest BCUT2D eigenvalue weighted by molar-refractivity contribution is 7.97. The van der Waals surface area contributed by atoms with Gasteiger partial charge in [0, 0.05) is 42.4 Å². The van der Waals surface area contributed by atoms with Crippen LogP contribution in [0.4, 0.5) is 19.0 Å². The minimum atomic E-state index is -4.34. The van der Waals surface area contributed by atoms with Crippen LogP contribution in [0.2, 0.25) is 0 Å². The third-order valence-electron chi connectivity index (χ3n) is 7.06. The molecule has 210 valence electrons. The maximum Gasteiger partial charge on any atom is 0.416 e. The van der Waals surface area contributed by atoms with E-state index in [4.69, 9.17) is 5.10 Å². The Balaban J connectivity index is 1.19. The summed E-state index contributed by atoms with van der Waals surface area (Å²) in [6, 6.07) is 16.8. The molecular weight excluding hydrogens is 551 g/mol. The molecule has 0 aliphatic carbocycles. The van der Waals surface area contributed by atoms with Crippen LogP contribution in [0.25, 0.3) is 11.3 Å². The fraction of sp³-hybridized carbons (Fsp3) is 0.241. The number of hydrogen-bond acceptors (Lipinski definition) is 6. The Morgan fingerprint density at radius 3 is 2.49 bits per heavy atom. The smallest absolute Gasteiger partial charge is 0.306 e. The van der Waals surface area contributed by atoms with Crippen LogP contribution in [-0.4, -0.2) is 47.7 Å². The number of amides is 1. The molecule has 1 aliphatic heterocycles. The van der Waals surface area contributed by atoms with Gasteiger partial charge in [-0.15, -0.1) is 0 Å². The molecule has 8 nitrogen and oxygen atoms in total. The van der Waals surface area contributed by atoms with Gasteiger partial charge in [0.25, 0.3) is 5.91 Å². The van der Waals surface area contributed by atoms with Crippen molar-refractivity contribution >= 4 is 29.3 Å². The van der Waals surface area contributed by atoms with Gasteiger partial charge in [0.2, 0.25) is 0 Å². The Morgan fingerprint density at radius 1 is 1.05 bits per heavy atom. The van der Waals surface area contributed by atoms with Crippen molar-refractivity contribution in [3.05, 3.63) is 102 Å². The van der Waals surface area contributed by atoms with Gasteiger partial charge in [0.05, 0.1) is 23.1 Å². The van der Waals surface area contributed by atoms with Crippen molar-refractivity contribution in [3.63, 3.8) is 0 Å². The highest BCUT2D eigenvalue weighted by Crippen LogP contribution is 2.36. The van der Waals surface area contributed by atoms with E-state index in [0.29, 0.717) is 17.0 Å². The van der Waals surface area contributed by atoms with Crippen LogP contribution in [0.1, 0.15) is 45.9 Å². The SMILES string of the molecule is Cc1ccc(-n2nc(C3CCN(Sc4ccc(C(F)(F)F)cc4)CC3)cc2NC(=O)c2cnn3cccnc23)cc1. The number of hydrogen-bond donors (Lipinski definition) is 1. The first-order chi connectivity index (χ1) is 19.7. The van der Waals surface area contributed by atoms with Gasteiger partial charge in [-0.25, -0.2) is 18.5 Å². The van der Waals surface area contributed by atoms with Crippen LogP contribution < -0.4 is 5.32 Å². The van der Waals surface area contributed by atoms with E-state index >= 15 is 0 Å². The van der Waals surface area contributed by atoms with E-state index in [1.807, 2.05) is 37.3 Å². The summed E-state index contributed by atoms with van der Waals surface area (Å²) in [7, 11) is 0. The summed E-state index contributed by atoms with van der Waals surface area (Å²) in [4.78, 5) is 18.3. The van der Waals surface area contributed by atoms with E-state index in [1.54, 1.807) is 27.7 Å². The van der Waals surface area contributed by atoms with Crippen LogP contribution in [0, 0.1) is 6.92 Å². The number of rotatable bonds is 6. The maximum absolute atomic E-state index is 13.3. The quantitative estimate of drug-likeness (QED) is 0.236. The zero-order valence-electron chi connectivity index (χ0n) is 22.0. The lowest BCUT2D eigenvalue weighted by molar-refractivity contribution is -0.137. The lowest BCUT2D eigenvalue weighted by Crippen LogP contribution is -2.27. The molecule has 41 heavy (non-hydrogen) atoms. The number of carbonyl (C=O) groups excluding carboxylic acids is 1. The van der Waals surface area contributed by atoms with Crippen LogP contribution in [0.5, 0.6) is 0 Å². The molecule has 0 saturated carbocycles. The molecule has 0 radical (unpaired) electrons. The maximum atomic E-state index is 13.3. The monoisotopic (exact) mass is 577 g/mol. The zero-order chi connectivity index (χ0) is 28.6. The summed E-state index contributed by atoms with van der Waals surface area (Å²) in [6.07, 6.45) is 2.15. The van der Waals surface area contributed by atoms with Gasteiger partial charge in [0.1, 0.15) is 11.4 Å². The first-order valence-corrected chi connectivity index (χ1v) is 13.9. The summed E-state index contributed by atoms with van der Waals surface area (Å²) >= 11 is 1.46. The normalized spacial score (nSPS) is 14.9. The Bertz CT molecular complexity index is 1670. The summed E-state index contributed by atoms with van der Waals surface area (Å²) in [5, 5.41) is 12.1. The van der Waals surface area contributed by atoms with E-state index in [0.717, 1.165) is 59.9 Å². The summed E-state index contributed by atoms with van der Waals surface area (Å²) in [5.41, 5.74) is 2.98. The summed E-state index contributed by atoms with van der Waals surface area (Å²) in [5.74, 6) is 0.382. The molecule has 0 spiro atoms. The van der Waals surface area contributed by atoms with Crippen LogP contribution in [0.3, 0.4) is 0 Å². The van der Waals surface area contributed by atoms with E-state index < -0.39 is 11.7 Å². The number of benzene rings is 2. The number of fused-ring (bicyclic) bond motifs is 1. The van der Waals surface area contributed by atoms with Gasteiger partial charge in [-0.2, -0.15) is 23.4 Å². The molecular formula is C29H26F3N7OS. The molecule has 0 bridgehead atoms. The Labute approximate surface area is 238 Å². The molecule has 4 heterocycles. The molecule has 1 fully saturated rings. The molecule has 2 aromatic carbocycles. The first kappa shape index (κ1) is 27.0. The second-order valence-electron chi connectivity index (χ2n) is 9.92. The Hall–Kier alpha value is -4.16. The first-order valence-electron chi connectivity index (χ1n) is 13.1. The van der Waals surface area contributed by atoms with Crippen molar-refractivity contribution in [3.8, 4) is 5.69 Å². The van der Waals surface area contributed by atoms with Crippen LogP contribution >= 0.6 is 11.9 Å². The average molecular weight is 578 g/mol. The van der Waals surface area contributed by atoms with Gasteiger partial charge in [-0.05, 0) is 74.2 Å². The number of alkyl halides is 3. The standard InChI is InChI=1S/C29H26F3N7OS/c1-19-3-7-22(8-4-19)39-26(35-28(40)24-18-34-38-14-2-13-33-27(24)38)17-25(36-39)20-11-15-37(16-12-20)41-23-9-5-21(6-10-23)29(30,31)32/h2-10,13-14,17-18,20H,11-12,15-16H2,1H3,(H,35,40). The summed E-state index contributed by atoms with van der Waals surface area (Å²) in [6.45, 7) is 3.52. The number of carbonyl (C=O) groups is 1. The average Bonchev–Trinajstić information content (AvgIpc) is 3.58. The van der Waals surface area contributed by atoms with Gasteiger partial charge >= 0.3 is 6.18 Å². The highest BCUT2D eigenvalue weighted by atomic mass is 32.2. The molecule has 5 aromatic rings. The summed E-state index contributed by atoms with van der Waals surface area (Å²) < 4.78 is 44.1. The van der Waals surface area contributed by atoms with Crippen molar-refractivity contribution in [2.24, 2.45) is 0 Å². The van der Waals surface area contributed by atoms with Crippen molar-refractivity contribution in [1.82, 2.24) is 28.7 Å². The molecule has 0 atom stereocenters. The molecule has 6 rings (SSSR count). The molecule has 0 unspecified atom stereocenters. The molecule has 1 saturated heterocycles. The fourth-order valence-electron chi connectivity index (χ4n) is 4.84. The fourth-order valence-corrected chi connectivity index (χ4v) is 5.79. The largest absolute Gasteiger partial charge is 0.416 e. The number of aromatic nitrogens is 5. The van der Waals surface area contributed by atoms with Crippen molar-refractivity contribution in [2.45, 2.75) is 36.8 Å². The second-order valence-corrected chi connectivity index (χ2v) is 11.1. The minimum absolute atomic E-state index is 0.167. The van der Waals surface area contributed by atoms with Gasteiger partial charge in [-0.3, -0.25) is 4.79 Å². The second kappa shape index (κ2) is 11.0. The number of nitrogens with one attached hydrogen (secondary N) is 1. The number of nitrogens with zero attached hydrogens (tertiary/aromatic N) is 6. The van der Waals surface area contributed by atoms with Crippen molar-refractivity contribution in [2.75, 3.05) is 18.4 Å². The minimum Gasteiger partial charge on any atom is -0.306 e. The van der Waals surface area contributed by atoms with E-state index in [9.17, 15) is 18.0 Å². The molecule has 1 amide bonds. The Kier molecular flexibility index (Phi) is 7.26. The van der Waals surface area contributed by atoms with Crippen LogP contribution in [0.15, 0.2) is 84.1 Å². The molecule has 12 heteroatoms. The topological polar surface area (TPSA) is 80.4 Å². The van der Waals surface area contributed by atoms with Gasteiger partial charge < -0.3 is 5.32 Å². The Morgan fingerprint density at radius 2 is 1.78 bits per heavy atom. The third-order valence-corrected chi connectivity index (χ3v) is 8.17. The number of anilines is 1. The lowest BCUT2D eigenvalue weighted by Gasteiger charge is -2.30. The predicted molar refractivity (Wildman–Crippen MR) is 150 cm³/mol. The van der Waals surface area contributed by atoms with E-state index in [1.165, 1.54) is 30.3 Å².